The Labute approximate surface area is 101 Å². The molecule has 0 N–H and O–H groups in total. The lowest BCUT2D eigenvalue weighted by Gasteiger charge is -2.09. The van der Waals surface area contributed by atoms with Gasteiger partial charge in [-0.05, 0) is 12.1 Å². The first kappa shape index (κ1) is 12.5. The maximum Gasteiger partial charge on any atom is 0.228 e. The van der Waals surface area contributed by atoms with Crippen molar-refractivity contribution in [3.63, 3.8) is 0 Å². The van der Waals surface area contributed by atoms with E-state index >= 15 is 0 Å². The molecule has 0 aromatic heterocycles. The molecule has 0 heterocycles. The summed E-state index contributed by atoms with van der Waals surface area (Å²) in [4.78, 5) is 11.6. The van der Waals surface area contributed by atoms with Crippen LogP contribution in [0.15, 0.2) is 18.2 Å². The van der Waals surface area contributed by atoms with Crippen LogP contribution in [0.3, 0.4) is 0 Å². The van der Waals surface area contributed by atoms with Crippen molar-refractivity contribution < 1.29 is 13.9 Å². The highest BCUT2D eigenvalue weighted by Gasteiger charge is 2.14. The highest BCUT2D eigenvalue weighted by atomic mass is 79.9. The molecule has 0 bridgehead atoms. The average Bonchev–Trinajstić information content (AvgIpc) is 2.21. The molecule has 0 atom stereocenters. The van der Waals surface area contributed by atoms with Gasteiger partial charge in [0.1, 0.15) is 0 Å². The van der Waals surface area contributed by atoms with Crippen LogP contribution in [0.5, 0.6) is 5.75 Å². The van der Waals surface area contributed by atoms with Crippen molar-refractivity contribution >= 4 is 33.3 Å². The van der Waals surface area contributed by atoms with Crippen LogP contribution in [0.1, 0.15) is 16.8 Å². The number of carbonyl (C=O) groups excluding carboxylic acids is 1. The molecule has 1 aromatic rings. The Morgan fingerprint density at radius 3 is 2.87 bits per heavy atom. The summed E-state index contributed by atoms with van der Waals surface area (Å²) in [6.45, 7) is -1.00. The molecule has 0 fully saturated rings. The van der Waals surface area contributed by atoms with E-state index in [-0.39, 0.29) is 16.6 Å². The van der Waals surface area contributed by atoms with Crippen molar-refractivity contribution in [1.29, 1.82) is 0 Å². The minimum absolute atomic E-state index is 0.118. The Bertz CT molecular complexity index is 357. The van der Waals surface area contributed by atoms with Gasteiger partial charge >= 0.3 is 0 Å². The molecule has 82 valence electrons. The van der Waals surface area contributed by atoms with E-state index in [0.717, 1.165) is 0 Å². The standard InChI is InChI=1S/C10H9BrClFO2/c11-5-4-9(14)7-2-1-3-8(12)10(7)15-6-13/h1-3H,4-6H2. The average molecular weight is 296 g/mol. The summed E-state index contributed by atoms with van der Waals surface area (Å²) in [5.41, 5.74) is 0.319. The summed E-state index contributed by atoms with van der Waals surface area (Å²) in [6.07, 6.45) is 0.322. The van der Waals surface area contributed by atoms with E-state index < -0.39 is 6.86 Å². The number of halogens is 3. The summed E-state index contributed by atoms with van der Waals surface area (Å²) in [6, 6.07) is 4.76. The van der Waals surface area contributed by atoms with Gasteiger partial charge in [0.25, 0.3) is 0 Å². The van der Waals surface area contributed by atoms with Gasteiger partial charge in [-0.3, -0.25) is 4.79 Å². The number of rotatable bonds is 5. The van der Waals surface area contributed by atoms with Crippen molar-refractivity contribution in [2.24, 2.45) is 0 Å². The fourth-order valence-corrected chi connectivity index (χ4v) is 1.74. The number of alkyl halides is 2. The van der Waals surface area contributed by atoms with Gasteiger partial charge in [0.15, 0.2) is 11.5 Å². The largest absolute Gasteiger partial charge is 0.461 e. The van der Waals surface area contributed by atoms with Crippen molar-refractivity contribution in [3.05, 3.63) is 28.8 Å². The molecule has 0 amide bonds. The summed E-state index contributed by atoms with van der Waals surface area (Å²) in [5.74, 6) is -0.00885. The summed E-state index contributed by atoms with van der Waals surface area (Å²) >= 11 is 8.96. The second-order valence-electron chi connectivity index (χ2n) is 2.73. The molecule has 0 saturated heterocycles. The normalized spacial score (nSPS) is 10.1. The number of ketones is 1. The van der Waals surface area contributed by atoms with Crippen LogP contribution in [-0.2, 0) is 0 Å². The number of Topliss-reactive ketones (excluding diaryl/α,β-unsaturated/α-hetero) is 1. The van der Waals surface area contributed by atoms with E-state index in [1.54, 1.807) is 18.2 Å². The number of ether oxygens (including phenoxy) is 1. The quantitative estimate of drug-likeness (QED) is 0.613. The predicted molar refractivity (Wildman–Crippen MR) is 60.8 cm³/mol. The van der Waals surface area contributed by atoms with Gasteiger partial charge in [-0.15, -0.1) is 0 Å². The van der Waals surface area contributed by atoms with Crippen molar-refractivity contribution in [3.8, 4) is 5.75 Å². The minimum atomic E-state index is -1.00. The molecule has 1 aromatic carbocycles. The molecule has 0 aliphatic heterocycles. The SMILES string of the molecule is O=C(CCBr)c1cccc(Cl)c1OCF. The van der Waals surface area contributed by atoms with Crippen molar-refractivity contribution in [2.75, 3.05) is 12.2 Å². The summed E-state index contributed by atoms with van der Waals surface area (Å²) < 4.78 is 16.8. The van der Waals surface area contributed by atoms with Gasteiger partial charge in [-0.2, -0.15) is 0 Å². The topological polar surface area (TPSA) is 26.3 Å². The second kappa shape index (κ2) is 6.08. The Kier molecular flexibility index (Phi) is 5.05. The smallest absolute Gasteiger partial charge is 0.228 e. The molecule has 0 aliphatic rings. The fraction of sp³-hybridized carbons (Fsp3) is 0.300. The van der Waals surface area contributed by atoms with Gasteiger partial charge in [0.05, 0.1) is 10.6 Å². The Balaban J connectivity index is 3.04. The zero-order valence-corrected chi connectivity index (χ0v) is 10.1. The number of hydrogen-bond donors (Lipinski definition) is 0. The van der Waals surface area contributed by atoms with Crippen molar-refractivity contribution in [1.82, 2.24) is 0 Å². The molecule has 0 spiro atoms. The zero-order chi connectivity index (χ0) is 11.3. The van der Waals surface area contributed by atoms with E-state index in [1.165, 1.54) is 0 Å². The first-order chi connectivity index (χ1) is 7.20. The monoisotopic (exact) mass is 294 g/mol. The first-order valence-electron chi connectivity index (χ1n) is 4.27. The van der Waals surface area contributed by atoms with E-state index in [2.05, 4.69) is 15.9 Å². The highest BCUT2D eigenvalue weighted by Crippen LogP contribution is 2.29. The van der Waals surface area contributed by atoms with E-state index in [4.69, 9.17) is 16.3 Å². The van der Waals surface area contributed by atoms with Crippen LogP contribution >= 0.6 is 27.5 Å². The molecule has 2 nitrogen and oxygen atoms in total. The number of hydrogen-bond acceptors (Lipinski definition) is 2. The Morgan fingerprint density at radius 1 is 1.53 bits per heavy atom. The van der Waals surface area contributed by atoms with Gasteiger partial charge in [0, 0.05) is 11.8 Å². The van der Waals surface area contributed by atoms with E-state index in [9.17, 15) is 9.18 Å². The zero-order valence-electron chi connectivity index (χ0n) is 7.80. The van der Waals surface area contributed by atoms with Crippen LogP contribution < -0.4 is 4.74 Å². The minimum Gasteiger partial charge on any atom is -0.461 e. The predicted octanol–water partition coefficient (Wildman–Crippen LogP) is 3.61. The highest BCUT2D eigenvalue weighted by molar-refractivity contribution is 9.09. The lowest BCUT2D eigenvalue weighted by atomic mass is 10.1. The van der Waals surface area contributed by atoms with Crippen LogP contribution in [-0.4, -0.2) is 18.0 Å². The molecule has 5 heteroatoms. The summed E-state index contributed by atoms with van der Waals surface area (Å²) in [5, 5.41) is 0.793. The molecule has 1 rings (SSSR count). The number of benzene rings is 1. The Morgan fingerprint density at radius 2 is 2.27 bits per heavy atom. The number of carbonyl (C=O) groups is 1. The van der Waals surface area contributed by atoms with Gasteiger partial charge in [0.2, 0.25) is 6.86 Å². The van der Waals surface area contributed by atoms with Crippen LogP contribution in [0.2, 0.25) is 5.02 Å². The second-order valence-corrected chi connectivity index (χ2v) is 3.93. The number of para-hydroxylation sites is 1. The van der Waals surface area contributed by atoms with Crippen LogP contribution in [0, 0.1) is 0 Å². The lowest BCUT2D eigenvalue weighted by Crippen LogP contribution is -2.04. The third-order valence-corrected chi connectivity index (χ3v) is 2.48. The van der Waals surface area contributed by atoms with E-state index in [1.807, 2.05) is 0 Å². The fourth-order valence-electron chi connectivity index (χ4n) is 1.15. The Hall–Kier alpha value is -0.610. The summed E-state index contributed by atoms with van der Waals surface area (Å²) in [7, 11) is 0. The maximum atomic E-state index is 12.1. The van der Waals surface area contributed by atoms with Gasteiger partial charge in [-0.1, -0.05) is 33.6 Å². The molecule has 0 saturated carbocycles. The molecule has 0 unspecified atom stereocenters. The first-order valence-corrected chi connectivity index (χ1v) is 5.77. The van der Waals surface area contributed by atoms with Crippen LogP contribution in [0.4, 0.5) is 4.39 Å². The molecular formula is C10H9BrClFO2. The van der Waals surface area contributed by atoms with Crippen LogP contribution in [0.25, 0.3) is 0 Å². The third kappa shape index (κ3) is 3.18. The third-order valence-electron chi connectivity index (χ3n) is 1.79. The van der Waals surface area contributed by atoms with Gasteiger partial charge < -0.3 is 4.74 Å². The van der Waals surface area contributed by atoms with Crippen molar-refractivity contribution in [2.45, 2.75) is 6.42 Å². The van der Waals surface area contributed by atoms with Gasteiger partial charge in [-0.25, -0.2) is 4.39 Å². The molecular weight excluding hydrogens is 286 g/mol. The lowest BCUT2D eigenvalue weighted by molar-refractivity contribution is 0.0982. The maximum absolute atomic E-state index is 12.1. The molecule has 0 radical (unpaired) electrons. The molecule has 0 aliphatic carbocycles. The van der Waals surface area contributed by atoms with E-state index in [0.29, 0.717) is 17.3 Å². The molecule has 15 heavy (non-hydrogen) atoms.